The molecule has 1 unspecified atom stereocenters. The minimum absolute atomic E-state index is 0.0963. The maximum absolute atomic E-state index is 10.6. The van der Waals surface area contributed by atoms with Crippen LogP contribution in [0, 0.1) is 13.8 Å². The molecular formula is C19H24O2. The van der Waals surface area contributed by atoms with Crippen LogP contribution < -0.4 is 4.74 Å². The highest BCUT2D eigenvalue weighted by Crippen LogP contribution is 2.29. The van der Waals surface area contributed by atoms with Crippen LogP contribution in [0.4, 0.5) is 0 Å². The molecule has 0 amide bonds. The fourth-order valence-electron chi connectivity index (χ4n) is 2.46. The van der Waals surface area contributed by atoms with Crippen molar-refractivity contribution in [1.82, 2.24) is 0 Å². The van der Waals surface area contributed by atoms with E-state index in [1.165, 1.54) is 16.7 Å². The average Bonchev–Trinajstić information content (AvgIpc) is 2.42. The Balaban J connectivity index is 2.24. The second kappa shape index (κ2) is 6.77. The first-order chi connectivity index (χ1) is 9.97. The van der Waals surface area contributed by atoms with Crippen LogP contribution in [-0.2, 0) is 6.42 Å². The molecule has 2 heteroatoms. The third-order valence-corrected chi connectivity index (χ3v) is 3.56. The summed E-state index contributed by atoms with van der Waals surface area (Å²) in [6, 6.07) is 14.1. The third kappa shape index (κ3) is 4.08. The standard InChI is InChI=1S/C19H24O2/c1-13(2)21-19-8-6-5-7-17(19)18(20)12-16-11-14(3)9-10-15(16)4/h5-11,13,18,20H,12H2,1-4H3. The predicted molar refractivity (Wildman–Crippen MR) is 86.8 cm³/mol. The summed E-state index contributed by atoms with van der Waals surface area (Å²) in [5.74, 6) is 0.769. The van der Waals surface area contributed by atoms with Gasteiger partial charge in [0.1, 0.15) is 5.75 Å². The Labute approximate surface area is 127 Å². The highest BCUT2D eigenvalue weighted by molar-refractivity contribution is 5.38. The number of benzene rings is 2. The van der Waals surface area contributed by atoms with Gasteiger partial charge in [-0.05, 0) is 44.9 Å². The molecular weight excluding hydrogens is 260 g/mol. The highest BCUT2D eigenvalue weighted by Gasteiger charge is 2.15. The van der Waals surface area contributed by atoms with Crippen molar-refractivity contribution in [2.24, 2.45) is 0 Å². The molecule has 2 rings (SSSR count). The van der Waals surface area contributed by atoms with Gasteiger partial charge in [-0.2, -0.15) is 0 Å². The molecule has 1 N–H and O–H groups in total. The van der Waals surface area contributed by atoms with Crippen LogP contribution in [0.5, 0.6) is 5.75 Å². The van der Waals surface area contributed by atoms with E-state index in [0.29, 0.717) is 6.42 Å². The summed E-state index contributed by atoms with van der Waals surface area (Å²) < 4.78 is 5.80. The fourth-order valence-corrected chi connectivity index (χ4v) is 2.46. The van der Waals surface area contributed by atoms with Gasteiger partial charge in [0.25, 0.3) is 0 Å². The number of hydrogen-bond acceptors (Lipinski definition) is 2. The quantitative estimate of drug-likeness (QED) is 0.883. The lowest BCUT2D eigenvalue weighted by atomic mass is 9.96. The van der Waals surface area contributed by atoms with E-state index in [-0.39, 0.29) is 6.10 Å². The van der Waals surface area contributed by atoms with Crippen LogP contribution in [0.25, 0.3) is 0 Å². The second-order valence-corrected chi connectivity index (χ2v) is 5.85. The summed E-state index contributed by atoms with van der Waals surface area (Å²) in [4.78, 5) is 0. The zero-order chi connectivity index (χ0) is 15.4. The smallest absolute Gasteiger partial charge is 0.125 e. The second-order valence-electron chi connectivity index (χ2n) is 5.85. The summed E-state index contributed by atoms with van der Waals surface area (Å²) >= 11 is 0. The van der Waals surface area contributed by atoms with E-state index in [1.807, 2.05) is 38.1 Å². The minimum atomic E-state index is -0.555. The monoisotopic (exact) mass is 284 g/mol. The molecule has 112 valence electrons. The van der Waals surface area contributed by atoms with E-state index in [1.54, 1.807) is 0 Å². The first-order valence-electron chi connectivity index (χ1n) is 7.47. The van der Waals surface area contributed by atoms with E-state index >= 15 is 0 Å². The molecule has 2 aromatic rings. The Morgan fingerprint density at radius 3 is 2.48 bits per heavy atom. The molecule has 0 radical (unpaired) electrons. The molecule has 0 aromatic heterocycles. The molecule has 0 saturated heterocycles. The van der Waals surface area contributed by atoms with Crippen LogP contribution >= 0.6 is 0 Å². The molecule has 0 saturated carbocycles. The van der Waals surface area contributed by atoms with Crippen molar-refractivity contribution >= 4 is 0 Å². The van der Waals surface area contributed by atoms with Crippen molar-refractivity contribution < 1.29 is 9.84 Å². The fraction of sp³-hybridized carbons (Fsp3) is 0.368. The largest absolute Gasteiger partial charge is 0.491 e. The molecule has 0 bridgehead atoms. The number of aryl methyl sites for hydroxylation is 2. The van der Waals surface area contributed by atoms with Crippen molar-refractivity contribution in [1.29, 1.82) is 0 Å². The number of rotatable bonds is 5. The zero-order valence-electron chi connectivity index (χ0n) is 13.3. The van der Waals surface area contributed by atoms with Crippen molar-refractivity contribution in [2.45, 2.75) is 46.3 Å². The lowest BCUT2D eigenvalue weighted by Gasteiger charge is -2.19. The summed E-state index contributed by atoms with van der Waals surface area (Å²) in [6.07, 6.45) is 0.144. The van der Waals surface area contributed by atoms with Crippen LogP contribution in [0.2, 0.25) is 0 Å². The lowest BCUT2D eigenvalue weighted by molar-refractivity contribution is 0.166. The van der Waals surface area contributed by atoms with Gasteiger partial charge in [-0.3, -0.25) is 0 Å². The van der Waals surface area contributed by atoms with Crippen LogP contribution in [0.15, 0.2) is 42.5 Å². The zero-order valence-corrected chi connectivity index (χ0v) is 13.3. The van der Waals surface area contributed by atoms with Gasteiger partial charge in [0.15, 0.2) is 0 Å². The average molecular weight is 284 g/mol. The summed E-state index contributed by atoms with van der Waals surface area (Å²) in [7, 11) is 0. The highest BCUT2D eigenvalue weighted by atomic mass is 16.5. The molecule has 0 aliphatic heterocycles. The Hall–Kier alpha value is -1.80. The first kappa shape index (κ1) is 15.6. The SMILES string of the molecule is Cc1ccc(C)c(CC(O)c2ccccc2OC(C)C)c1. The number of hydrogen-bond donors (Lipinski definition) is 1. The van der Waals surface area contributed by atoms with Gasteiger partial charge in [-0.15, -0.1) is 0 Å². The Bertz CT molecular complexity index is 602. The van der Waals surface area contributed by atoms with Gasteiger partial charge >= 0.3 is 0 Å². The molecule has 2 aromatic carbocycles. The molecule has 0 spiro atoms. The summed E-state index contributed by atoms with van der Waals surface area (Å²) in [5, 5.41) is 10.6. The maximum atomic E-state index is 10.6. The summed E-state index contributed by atoms with van der Waals surface area (Å²) in [5.41, 5.74) is 4.46. The van der Waals surface area contributed by atoms with E-state index < -0.39 is 6.10 Å². The van der Waals surface area contributed by atoms with Crippen molar-refractivity contribution in [2.75, 3.05) is 0 Å². The number of aliphatic hydroxyl groups excluding tert-OH is 1. The topological polar surface area (TPSA) is 29.5 Å². The number of para-hydroxylation sites is 1. The molecule has 0 fully saturated rings. The van der Waals surface area contributed by atoms with Gasteiger partial charge in [0.05, 0.1) is 12.2 Å². The van der Waals surface area contributed by atoms with Crippen molar-refractivity contribution in [3.63, 3.8) is 0 Å². The predicted octanol–water partition coefficient (Wildman–Crippen LogP) is 4.37. The van der Waals surface area contributed by atoms with Crippen molar-refractivity contribution in [3.8, 4) is 5.75 Å². The van der Waals surface area contributed by atoms with Gasteiger partial charge in [0.2, 0.25) is 0 Å². The molecule has 2 nitrogen and oxygen atoms in total. The van der Waals surface area contributed by atoms with E-state index in [9.17, 15) is 5.11 Å². The summed E-state index contributed by atoms with van der Waals surface area (Å²) in [6.45, 7) is 8.14. The van der Waals surface area contributed by atoms with Crippen molar-refractivity contribution in [3.05, 3.63) is 64.7 Å². The lowest BCUT2D eigenvalue weighted by Crippen LogP contribution is -2.10. The van der Waals surface area contributed by atoms with E-state index in [4.69, 9.17) is 4.74 Å². The first-order valence-corrected chi connectivity index (χ1v) is 7.47. The van der Waals surface area contributed by atoms with E-state index in [2.05, 4.69) is 32.0 Å². The Morgan fingerprint density at radius 2 is 1.76 bits per heavy atom. The van der Waals surface area contributed by atoms with Gasteiger partial charge in [-0.25, -0.2) is 0 Å². The minimum Gasteiger partial charge on any atom is -0.491 e. The Kier molecular flexibility index (Phi) is 5.03. The molecule has 0 aliphatic rings. The van der Waals surface area contributed by atoms with Gasteiger partial charge in [0, 0.05) is 12.0 Å². The molecule has 21 heavy (non-hydrogen) atoms. The van der Waals surface area contributed by atoms with Crippen LogP contribution in [0.3, 0.4) is 0 Å². The third-order valence-electron chi connectivity index (χ3n) is 3.56. The van der Waals surface area contributed by atoms with Gasteiger partial charge < -0.3 is 9.84 Å². The molecule has 0 heterocycles. The Morgan fingerprint density at radius 1 is 1.05 bits per heavy atom. The molecule has 0 aliphatic carbocycles. The van der Waals surface area contributed by atoms with Crippen LogP contribution in [-0.4, -0.2) is 11.2 Å². The maximum Gasteiger partial charge on any atom is 0.125 e. The number of aliphatic hydroxyl groups is 1. The van der Waals surface area contributed by atoms with Gasteiger partial charge in [-0.1, -0.05) is 42.0 Å². The van der Waals surface area contributed by atoms with Crippen LogP contribution in [0.1, 0.15) is 42.2 Å². The normalized spacial score (nSPS) is 12.5. The number of ether oxygens (including phenoxy) is 1. The van der Waals surface area contributed by atoms with E-state index in [0.717, 1.165) is 11.3 Å². The molecule has 1 atom stereocenters.